The Morgan fingerprint density at radius 3 is 1.81 bits per heavy atom. The maximum absolute atomic E-state index is 13.5. The van der Waals surface area contributed by atoms with E-state index in [1.807, 2.05) is 0 Å². The highest BCUT2D eigenvalue weighted by Gasteiger charge is 2.30. The molecule has 2 aliphatic carbocycles. The van der Waals surface area contributed by atoms with Crippen LogP contribution in [0.15, 0.2) is 47.1 Å². The molecule has 0 atom stereocenters. The van der Waals surface area contributed by atoms with Gasteiger partial charge in [0, 0.05) is 11.1 Å². The van der Waals surface area contributed by atoms with E-state index in [4.69, 9.17) is 0 Å². The lowest BCUT2D eigenvalue weighted by molar-refractivity contribution is -0.112. The van der Waals surface area contributed by atoms with E-state index in [9.17, 15) is 4.79 Å². The van der Waals surface area contributed by atoms with Crippen molar-refractivity contribution in [3.63, 3.8) is 0 Å². The number of fused-ring (bicyclic) bond motifs is 3. The summed E-state index contributed by atoms with van der Waals surface area (Å²) < 4.78 is 0. The van der Waals surface area contributed by atoms with Gasteiger partial charge in [0.05, 0.1) is 0 Å². The van der Waals surface area contributed by atoms with Crippen molar-refractivity contribution in [3.05, 3.63) is 58.2 Å². The van der Waals surface area contributed by atoms with Crippen LogP contribution in [0.5, 0.6) is 0 Å². The molecule has 0 fully saturated rings. The first-order valence-corrected chi connectivity index (χ1v) is 13.6. The Morgan fingerprint density at radius 2 is 1.16 bits per heavy atom. The predicted octanol–water partition coefficient (Wildman–Crippen LogP) is 9.63. The summed E-state index contributed by atoms with van der Waals surface area (Å²) in [6.07, 6.45) is 24.8. The molecular formula is C31H44O. The number of carbonyl (C=O) groups is 1. The average Bonchev–Trinajstić information content (AvgIpc) is 3.18. The standard InChI is InChI=1S/C31H44O/c1-3-5-7-9-11-13-15-19-26-23-29-27-21-18-17-20-25(27)24-30(29)31(32)28(26)22-16-14-12-10-8-6-4-2/h17-18,20-21,23-24H,3-16,19,22H2,1-2H3. The summed E-state index contributed by atoms with van der Waals surface area (Å²) in [7, 11) is 0. The summed E-state index contributed by atoms with van der Waals surface area (Å²) in [5, 5.41) is 0. The molecule has 0 unspecified atom stereocenters. The van der Waals surface area contributed by atoms with Crippen LogP contribution in [0.4, 0.5) is 0 Å². The van der Waals surface area contributed by atoms with Crippen LogP contribution in [0, 0.1) is 0 Å². The molecule has 3 rings (SSSR count). The number of carbonyl (C=O) groups excluding carboxylic acids is 1. The maximum atomic E-state index is 13.5. The fraction of sp³-hybridized carbons (Fsp3) is 0.581. The number of rotatable bonds is 16. The van der Waals surface area contributed by atoms with Gasteiger partial charge in [-0.2, -0.15) is 0 Å². The molecule has 32 heavy (non-hydrogen) atoms. The summed E-state index contributed by atoms with van der Waals surface area (Å²) in [6, 6.07) is 8.48. The molecule has 1 nitrogen and oxygen atoms in total. The number of hydrogen-bond donors (Lipinski definition) is 0. The topological polar surface area (TPSA) is 17.1 Å². The second kappa shape index (κ2) is 13.6. The fourth-order valence-electron chi connectivity index (χ4n) is 5.19. The molecule has 0 bridgehead atoms. The van der Waals surface area contributed by atoms with Gasteiger partial charge in [0.1, 0.15) is 0 Å². The van der Waals surface area contributed by atoms with Gasteiger partial charge >= 0.3 is 0 Å². The third-order valence-electron chi connectivity index (χ3n) is 7.15. The highest BCUT2D eigenvalue weighted by atomic mass is 16.1. The monoisotopic (exact) mass is 432 g/mol. The van der Waals surface area contributed by atoms with Gasteiger partial charge in [-0.15, -0.1) is 0 Å². The summed E-state index contributed by atoms with van der Waals surface area (Å²) in [5.74, 6) is 0.308. The van der Waals surface area contributed by atoms with E-state index in [2.05, 4.69) is 50.3 Å². The van der Waals surface area contributed by atoms with Gasteiger partial charge in [0.25, 0.3) is 0 Å². The van der Waals surface area contributed by atoms with Crippen molar-refractivity contribution in [2.75, 3.05) is 0 Å². The first-order chi connectivity index (χ1) is 15.8. The van der Waals surface area contributed by atoms with Crippen molar-refractivity contribution in [2.45, 2.75) is 117 Å². The third kappa shape index (κ3) is 6.80. The Labute approximate surface area is 197 Å². The predicted molar refractivity (Wildman–Crippen MR) is 140 cm³/mol. The molecule has 0 radical (unpaired) electrons. The number of unbranched alkanes of at least 4 members (excludes halogenated alkanes) is 12. The molecule has 0 saturated heterocycles. The number of Topliss-reactive ketones (excluding diaryl/α,β-unsaturated/α-hetero) is 1. The molecular weight excluding hydrogens is 388 g/mol. The zero-order chi connectivity index (χ0) is 22.6. The van der Waals surface area contributed by atoms with Crippen molar-refractivity contribution in [1.29, 1.82) is 0 Å². The minimum atomic E-state index is 0.308. The van der Waals surface area contributed by atoms with E-state index in [1.54, 1.807) is 0 Å². The van der Waals surface area contributed by atoms with E-state index in [0.717, 1.165) is 30.4 Å². The van der Waals surface area contributed by atoms with Crippen molar-refractivity contribution in [1.82, 2.24) is 0 Å². The molecule has 0 aromatic heterocycles. The Hall–Kier alpha value is -1.89. The smallest absolute Gasteiger partial charge is 0.189 e. The first-order valence-electron chi connectivity index (χ1n) is 13.6. The lowest BCUT2D eigenvalue weighted by Gasteiger charge is -2.20. The Morgan fingerprint density at radius 1 is 0.594 bits per heavy atom. The van der Waals surface area contributed by atoms with Gasteiger partial charge in [-0.1, -0.05) is 115 Å². The molecule has 0 saturated carbocycles. The zero-order valence-corrected chi connectivity index (χ0v) is 20.7. The highest BCUT2D eigenvalue weighted by molar-refractivity contribution is 6.26. The van der Waals surface area contributed by atoms with Crippen molar-refractivity contribution in [2.24, 2.45) is 0 Å². The van der Waals surface area contributed by atoms with Crippen LogP contribution >= 0.6 is 0 Å². The van der Waals surface area contributed by atoms with E-state index in [0.29, 0.717) is 5.78 Å². The molecule has 1 heteroatoms. The van der Waals surface area contributed by atoms with Gasteiger partial charge in [0.2, 0.25) is 0 Å². The van der Waals surface area contributed by atoms with E-state index >= 15 is 0 Å². The molecule has 2 aliphatic rings. The Bertz CT molecular complexity index is 836. The molecule has 0 amide bonds. The van der Waals surface area contributed by atoms with Gasteiger partial charge in [-0.05, 0) is 60.1 Å². The lowest BCUT2D eigenvalue weighted by atomic mass is 9.82. The minimum absolute atomic E-state index is 0.308. The fourth-order valence-corrected chi connectivity index (χ4v) is 5.19. The van der Waals surface area contributed by atoms with E-state index in [-0.39, 0.29) is 0 Å². The number of benzene rings is 1. The van der Waals surface area contributed by atoms with Gasteiger partial charge in [-0.25, -0.2) is 0 Å². The van der Waals surface area contributed by atoms with Gasteiger partial charge in [-0.3, -0.25) is 4.79 Å². The summed E-state index contributed by atoms with van der Waals surface area (Å²) in [4.78, 5) is 13.5. The largest absolute Gasteiger partial charge is 0.289 e. The van der Waals surface area contributed by atoms with Crippen molar-refractivity contribution >= 4 is 17.4 Å². The normalized spacial score (nSPS) is 15.0. The van der Waals surface area contributed by atoms with E-state index in [1.165, 1.54) is 106 Å². The highest BCUT2D eigenvalue weighted by Crippen LogP contribution is 2.42. The molecule has 0 heterocycles. The second-order valence-electron chi connectivity index (χ2n) is 9.78. The van der Waals surface area contributed by atoms with Crippen LogP contribution in [0.2, 0.25) is 0 Å². The number of ketones is 1. The Balaban J connectivity index is 1.63. The summed E-state index contributed by atoms with van der Waals surface area (Å²) in [5.41, 5.74) is 7.00. The van der Waals surface area contributed by atoms with Crippen LogP contribution in [0.1, 0.15) is 128 Å². The molecule has 174 valence electrons. The van der Waals surface area contributed by atoms with Crippen molar-refractivity contribution in [3.8, 4) is 0 Å². The first kappa shape index (κ1) is 24.7. The molecule has 0 N–H and O–H groups in total. The lowest BCUT2D eigenvalue weighted by Crippen LogP contribution is -2.13. The molecule has 1 aromatic carbocycles. The van der Waals surface area contributed by atoms with Crippen LogP contribution in [-0.2, 0) is 4.79 Å². The SMILES string of the molecule is CCCCCCCCCC1=C(CCCCCCCCC)C(=O)C2=Cc3ccccc3C2=C1. The molecule has 1 aromatic rings. The quantitative estimate of drug-likeness (QED) is 0.238. The zero-order valence-electron chi connectivity index (χ0n) is 20.7. The molecule has 0 aliphatic heterocycles. The average molecular weight is 433 g/mol. The minimum Gasteiger partial charge on any atom is -0.289 e. The number of hydrogen-bond acceptors (Lipinski definition) is 1. The maximum Gasteiger partial charge on any atom is 0.189 e. The van der Waals surface area contributed by atoms with Crippen LogP contribution in [0.3, 0.4) is 0 Å². The Kier molecular flexibility index (Phi) is 10.5. The number of allylic oxidation sites excluding steroid dienone is 5. The van der Waals surface area contributed by atoms with E-state index < -0.39 is 0 Å². The van der Waals surface area contributed by atoms with Gasteiger partial charge in [0.15, 0.2) is 5.78 Å². The summed E-state index contributed by atoms with van der Waals surface area (Å²) in [6.45, 7) is 4.54. The third-order valence-corrected chi connectivity index (χ3v) is 7.15. The van der Waals surface area contributed by atoms with Crippen molar-refractivity contribution < 1.29 is 4.79 Å². The second-order valence-corrected chi connectivity index (χ2v) is 9.78. The molecule has 0 spiro atoms. The van der Waals surface area contributed by atoms with Crippen LogP contribution in [-0.4, -0.2) is 5.78 Å². The van der Waals surface area contributed by atoms with Crippen LogP contribution in [0.25, 0.3) is 11.6 Å². The van der Waals surface area contributed by atoms with Gasteiger partial charge < -0.3 is 0 Å². The summed E-state index contributed by atoms with van der Waals surface area (Å²) >= 11 is 0. The van der Waals surface area contributed by atoms with Crippen LogP contribution < -0.4 is 0 Å².